The van der Waals surface area contributed by atoms with Gasteiger partial charge in [-0.05, 0) is 39.8 Å². The first kappa shape index (κ1) is 16.5. The maximum absolute atomic E-state index is 11.9. The molecule has 0 saturated heterocycles. The Morgan fingerprint density at radius 1 is 1.50 bits per heavy atom. The third-order valence-corrected chi connectivity index (χ3v) is 4.08. The van der Waals surface area contributed by atoms with Gasteiger partial charge in [-0.2, -0.15) is 0 Å². The van der Waals surface area contributed by atoms with Gasteiger partial charge < -0.3 is 20.2 Å². The molecule has 0 spiro atoms. The lowest BCUT2D eigenvalue weighted by Crippen LogP contribution is -2.44. The Kier molecular flexibility index (Phi) is 4.87. The van der Waals surface area contributed by atoms with Crippen molar-refractivity contribution in [2.24, 2.45) is 0 Å². The van der Waals surface area contributed by atoms with Crippen molar-refractivity contribution < 1.29 is 14.3 Å². The molecule has 0 bridgehead atoms. The van der Waals surface area contributed by atoms with E-state index < -0.39 is 5.60 Å². The predicted octanol–water partition coefficient (Wildman–Crippen LogP) is 2.62. The van der Waals surface area contributed by atoms with E-state index >= 15 is 0 Å². The Morgan fingerprint density at radius 3 is 2.77 bits per heavy atom. The monoisotopic (exact) mass is 323 g/mol. The zero-order valence-corrected chi connectivity index (χ0v) is 14.0. The van der Waals surface area contributed by atoms with Crippen molar-refractivity contribution in [3.8, 4) is 0 Å². The number of aryl methyl sites for hydroxylation is 2. The molecular weight excluding hydrogens is 302 g/mol. The summed E-state index contributed by atoms with van der Waals surface area (Å²) in [5.74, 6) is 1.14. The van der Waals surface area contributed by atoms with E-state index in [1.165, 1.54) is 0 Å². The molecule has 0 aromatic carbocycles. The summed E-state index contributed by atoms with van der Waals surface area (Å²) in [4.78, 5) is 16.3. The molecule has 0 radical (unpaired) electrons. The number of carbonyl (C=O) groups is 1. The first-order chi connectivity index (χ1) is 10.3. The topological polar surface area (TPSA) is 87.4 Å². The van der Waals surface area contributed by atoms with Gasteiger partial charge in [0.2, 0.25) is 0 Å². The molecule has 22 heavy (non-hydrogen) atoms. The Bertz CT molecular complexity index is 648. The molecule has 120 valence electrons. The van der Waals surface area contributed by atoms with E-state index in [9.17, 15) is 9.90 Å². The molecule has 0 aliphatic heterocycles. The molecule has 7 heteroatoms. The van der Waals surface area contributed by atoms with E-state index in [1.807, 2.05) is 19.2 Å². The number of amides is 2. The standard InChI is InChI=1S/C15H21N3O3S/c1-9-5-6-13(21-9)15(4,20)8-16-14(19)17-10(2)12-7-22-11(3)18-12/h5-7,10,20H,8H2,1-4H3,(H2,16,17,19)/t10-,15-/m1/s1. The van der Waals surface area contributed by atoms with Crippen LogP contribution in [0.4, 0.5) is 4.79 Å². The zero-order valence-electron chi connectivity index (χ0n) is 13.1. The van der Waals surface area contributed by atoms with Gasteiger partial charge in [0, 0.05) is 5.38 Å². The second kappa shape index (κ2) is 6.50. The van der Waals surface area contributed by atoms with Gasteiger partial charge in [0.25, 0.3) is 0 Å². The van der Waals surface area contributed by atoms with Gasteiger partial charge in [0.05, 0.1) is 23.3 Å². The van der Waals surface area contributed by atoms with Gasteiger partial charge >= 0.3 is 6.03 Å². The molecule has 0 aliphatic carbocycles. The van der Waals surface area contributed by atoms with Crippen molar-refractivity contribution in [2.45, 2.75) is 39.3 Å². The van der Waals surface area contributed by atoms with Crippen LogP contribution >= 0.6 is 11.3 Å². The highest BCUT2D eigenvalue weighted by atomic mass is 32.1. The highest BCUT2D eigenvalue weighted by Gasteiger charge is 2.27. The number of aromatic nitrogens is 1. The van der Waals surface area contributed by atoms with Crippen molar-refractivity contribution in [1.29, 1.82) is 0 Å². The molecule has 0 fully saturated rings. The lowest BCUT2D eigenvalue weighted by atomic mass is 10.0. The van der Waals surface area contributed by atoms with Crippen LogP contribution in [0.1, 0.15) is 42.1 Å². The lowest BCUT2D eigenvalue weighted by molar-refractivity contribution is 0.0359. The van der Waals surface area contributed by atoms with Crippen LogP contribution in [-0.4, -0.2) is 22.7 Å². The third kappa shape index (κ3) is 4.08. The van der Waals surface area contributed by atoms with Crippen LogP contribution in [0, 0.1) is 13.8 Å². The van der Waals surface area contributed by atoms with Crippen LogP contribution in [0.15, 0.2) is 21.9 Å². The number of hydrogen-bond donors (Lipinski definition) is 3. The Hall–Kier alpha value is -1.86. The summed E-state index contributed by atoms with van der Waals surface area (Å²) in [6, 6.07) is 2.93. The van der Waals surface area contributed by atoms with Crippen LogP contribution in [0.5, 0.6) is 0 Å². The predicted molar refractivity (Wildman–Crippen MR) is 84.8 cm³/mol. The Balaban J connectivity index is 1.87. The number of aliphatic hydroxyl groups is 1. The summed E-state index contributed by atoms with van der Waals surface area (Å²) < 4.78 is 5.40. The largest absolute Gasteiger partial charge is 0.463 e. The molecule has 2 rings (SSSR count). The van der Waals surface area contributed by atoms with E-state index in [2.05, 4.69) is 15.6 Å². The van der Waals surface area contributed by atoms with E-state index in [4.69, 9.17) is 4.42 Å². The molecule has 2 aromatic rings. The summed E-state index contributed by atoms with van der Waals surface area (Å²) in [7, 11) is 0. The normalized spacial score (nSPS) is 15.1. The highest BCUT2D eigenvalue weighted by molar-refractivity contribution is 7.09. The quantitative estimate of drug-likeness (QED) is 0.789. The molecule has 0 saturated carbocycles. The van der Waals surface area contributed by atoms with Gasteiger partial charge in [0.15, 0.2) is 0 Å². The number of nitrogens with zero attached hydrogens (tertiary/aromatic N) is 1. The van der Waals surface area contributed by atoms with Gasteiger partial charge in [0.1, 0.15) is 17.1 Å². The number of nitrogens with one attached hydrogen (secondary N) is 2. The zero-order chi connectivity index (χ0) is 16.3. The van der Waals surface area contributed by atoms with Crippen molar-refractivity contribution >= 4 is 17.4 Å². The highest BCUT2D eigenvalue weighted by Crippen LogP contribution is 2.22. The number of hydrogen-bond acceptors (Lipinski definition) is 5. The molecule has 6 nitrogen and oxygen atoms in total. The summed E-state index contributed by atoms with van der Waals surface area (Å²) in [5, 5.41) is 18.7. The van der Waals surface area contributed by atoms with Crippen molar-refractivity contribution in [3.05, 3.63) is 39.7 Å². The van der Waals surface area contributed by atoms with Crippen LogP contribution < -0.4 is 10.6 Å². The molecule has 3 N–H and O–H groups in total. The van der Waals surface area contributed by atoms with Gasteiger partial charge in [-0.15, -0.1) is 11.3 Å². The fraction of sp³-hybridized carbons (Fsp3) is 0.467. The van der Waals surface area contributed by atoms with Gasteiger partial charge in [-0.3, -0.25) is 0 Å². The van der Waals surface area contributed by atoms with Gasteiger partial charge in [-0.1, -0.05) is 0 Å². The molecule has 2 amide bonds. The first-order valence-corrected chi connectivity index (χ1v) is 7.91. The minimum Gasteiger partial charge on any atom is -0.463 e. The van der Waals surface area contributed by atoms with E-state index in [1.54, 1.807) is 37.3 Å². The number of rotatable bonds is 5. The van der Waals surface area contributed by atoms with Gasteiger partial charge in [-0.25, -0.2) is 9.78 Å². The number of thiazole rings is 1. The smallest absolute Gasteiger partial charge is 0.315 e. The minimum absolute atomic E-state index is 0.0502. The van der Waals surface area contributed by atoms with Crippen molar-refractivity contribution in [3.63, 3.8) is 0 Å². The van der Waals surface area contributed by atoms with E-state index in [0.717, 1.165) is 10.7 Å². The number of carbonyl (C=O) groups excluding carboxylic acids is 1. The molecule has 2 heterocycles. The molecule has 0 unspecified atom stereocenters. The van der Waals surface area contributed by atoms with Crippen molar-refractivity contribution in [1.82, 2.24) is 15.6 Å². The SMILES string of the molecule is Cc1ccc([C@](C)(O)CNC(=O)N[C@H](C)c2csc(C)n2)o1. The fourth-order valence-electron chi connectivity index (χ4n) is 1.96. The van der Waals surface area contributed by atoms with Crippen molar-refractivity contribution in [2.75, 3.05) is 6.54 Å². The summed E-state index contributed by atoms with van der Waals surface area (Å²) in [5.41, 5.74) is -0.433. The maximum atomic E-state index is 11.9. The van der Waals surface area contributed by atoms with Crippen LogP contribution in [-0.2, 0) is 5.60 Å². The van der Waals surface area contributed by atoms with Crippen LogP contribution in [0.2, 0.25) is 0 Å². The molecule has 2 atom stereocenters. The average molecular weight is 323 g/mol. The molecule has 0 aliphatic rings. The van der Waals surface area contributed by atoms with Crippen LogP contribution in [0.3, 0.4) is 0 Å². The second-order valence-electron chi connectivity index (χ2n) is 5.52. The van der Waals surface area contributed by atoms with E-state index in [-0.39, 0.29) is 18.6 Å². The summed E-state index contributed by atoms with van der Waals surface area (Å²) in [6.45, 7) is 7.23. The Labute approximate surface area is 133 Å². The molecule has 2 aromatic heterocycles. The number of urea groups is 1. The lowest BCUT2D eigenvalue weighted by Gasteiger charge is -2.22. The average Bonchev–Trinajstić information content (AvgIpc) is 3.05. The summed E-state index contributed by atoms with van der Waals surface area (Å²) >= 11 is 1.54. The third-order valence-electron chi connectivity index (χ3n) is 3.29. The fourth-order valence-corrected chi connectivity index (χ4v) is 2.67. The molecular formula is C15H21N3O3S. The summed E-state index contributed by atoms with van der Waals surface area (Å²) in [6.07, 6.45) is 0. The Morgan fingerprint density at radius 2 is 2.23 bits per heavy atom. The minimum atomic E-state index is -1.26. The first-order valence-electron chi connectivity index (χ1n) is 7.03. The van der Waals surface area contributed by atoms with E-state index in [0.29, 0.717) is 11.5 Å². The number of furan rings is 1. The second-order valence-corrected chi connectivity index (χ2v) is 6.59. The maximum Gasteiger partial charge on any atom is 0.315 e. The van der Waals surface area contributed by atoms with Crippen LogP contribution in [0.25, 0.3) is 0 Å².